The van der Waals surface area contributed by atoms with E-state index in [2.05, 4.69) is 38.3 Å². The van der Waals surface area contributed by atoms with Gasteiger partial charge in [-0.1, -0.05) is 119 Å². The number of hydrogen-bond donors (Lipinski definition) is 2. The lowest BCUT2D eigenvalue weighted by atomic mass is 9.88. The average Bonchev–Trinajstić information content (AvgIpc) is 3.07. The predicted octanol–water partition coefficient (Wildman–Crippen LogP) is 9.65. The van der Waals surface area contributed by atoms with Crippen LogP contribution < -0.4 is 10.6 Å². The number of carbonyl (C=O) groups excluding carboxylic acids is 5. The van der Waals surface area contributed by atoms with Gasteiger partial charge in [-0.15, -0.1) is 0 Å². The third-order valence-corrected chi connectivity index (χ3v) is 9.86. The highest BCUT2D eigenvalue weighted by atomic mass is 16.2. The Balaban J connectivity index is 5.11. The Bertz CT molecular complexity index is 942. The van der Waals surface area contributed by atoms with E-state index in [0.29, 0.717) is 26.2 Å². The molecule has 0 fully saturated rings. The van der Waals surface area contributed by atoms with Gasteiger partial charge in [-0.3, -0.25) is 14.4 Å². The van der Waals surface area contributed by atoms with Crippen molar-refractivity contribution in [2.75, 3.05) is 26.2 Å². The minimum absolute atomic E-state index is 0.0354. The summed E-state index contributed by atoms with van der Waals surface area (Å²) in [7, 11) is 0. The monoisotopic (exact) mass is 707 g/mol. The zero-order valence-corrected chi connectivity index (χ0v) is 33.7. The second kappa shape index (κ2) is 30.2. The van der Waals surface area contributed by atoms with Crippen molar-refractivity contribution < 1.29 is 24.0 Å². The Labute approximate surface area is 307 Å². The van der Waals surface area contributed by atoms with Gasteiger partial charge in [0.25, 0.3) is 0 Å². The first-order chi connectivity index (χ1) is 23.9. The SMILES string of the molecule is CCCCCCNC(=O)N(CCCCCC)C(C)CC(=O)CC(C)C(=O)CC(C)C(=O)CC(C)N(CCCCCC)C(=O)NCCCCCC. The van der Waals surface area contributed by atoms with Crippen LogP contribution in [0.3, 0.4) is 0 Å². The van der Waals surface area contributed by atoms with Crippen LogP contribution in [0.1, 0.15) is 184 Å². The molecule has 0 saturated heterocycles. The molecule has 0 heterocycles. The van der Waals surface area contributed by atoms with E-state index in [1.165, 1.54) is 0 Å². The van der Waals surface area contributed by atoms with E-state index in [9.17, 15) is 24.0 Å². The van der Waals surface area contributed by atoms with Gasteiger partial charge in [0.1, 0.15) is 17.3 Å². The van der Waals surface area contributed by atoms with Crippen molar-refractivity contribution in [1.29, 1.82) is 0 Å². The van der Waals surface area contributed by atoms with Crippen molar-refractivity contribution in [1.82, 2.24) is 20.4 Å². The Morgan fingerprint density at radius 3 is 1.22 bits per heavy atom. The first-order valence-corrected chi connectivity index (χ1v) is 20.6. The van der Waals surface area contributed by atoms with Crippen LogP contribution in [0.2, 0.25) is 0 Å². The van der Waals surface area contributed by atoms with Gasteiger partial charge in [0.15, 0.2) is 0 Å². The maximum absolute atomic E-state index is 13.3. The Morgan fingerprint density at radius 1 is 0.440 bits per heavy atom. The summed E-state index contributed by atoms with van der Waals surface area (Å²) < 4.78 is 0. The highest BCUT2D eigenvalue weighted by Gasteiger charge is 2.28. The lowest BCUT2D eigenvalue weighted by Crippen LogP contribution is -2.47. The second-order valence-electron chi connectivity index (χ2n) is 14.9. The van der Waals surface area contributed by atoms with Gasteiger partial charge in [0, 0.05) is 75.8 Å². The molecule has 4 unspecified atom stereocenters. The van der Waals surface area contributed by atoms with Crippen LogP contribution in [0.15, 0.2) is 0 Å². The van der Waals surface area contributed by atoms with Crippen molar-refractivity contribution in [3.63, 3.8) is 0 Å². The van der Waals surface area contributed by atoms with E-state index >= 15 is 0 Å². The van der Waals surface area contributed by atoms with E-state index in [1.807, 2.05) is 13.8 Å². The summed E-state index contributed by atoms with van der Waals surface area (Å²) in [6.07, 6.45) is 17.6. The predicted molar refractivity (Wildman–Crippen MR) is 208 cm³/mol. The zero-order valence-electron chi connectivity index (χ0n) is 33.7. The van der Waals surface area contributed by atoms with Gasteiger partial charge in [0.05, 0.1) is 0 Å². The zero-order chi connectivity index (χ0) is 37.7. The van der Waals surface area contributed by atoms with Crippen molar-refractivity contribution in [3.05, 3.63) is 0 Å². The number of unbranched alkanes of at least 4 members (excludes halogenated alkanes) is 12. The lowest BCUT2D eigenvalue weighted by molar-refractivity contribution is -0.131. The van der Waals surface area contributed by atoms with E-state index in [0.717, 1.165) is 103 Å². The average molecular weight is 707 g/mol. The summed E-state index contributed by atoms with van der Waals surface area (Å²) in [4.78, 5) is 69.4. The molecule has 4 atom stereocenters. The molecule has 0 radical (unpaired) electrons. The standard InChI is InChI=1S/C41H78N4O5/c1-9-13-17-21-25-42-40(49)44(27-23-19-15-11-3)35(7)31-37(46)29-33(5)38(47)30-34(6)39(48)32-36(8)45(28-24-20-16-12-4)41(50)43-26-22-18-14-10-2/h33-36H,9-32H2,1-8H3,(H,42,49)(H,43,50). The van der Waals surface area contributed by atoms with Gasteiger partial charge in [0.2, 0.25) is 0 Å². The number of rotatable bonds is 32. The number of nitrogens with one attached hydrogen (secondary N) is 2. The third kappa shape index (κ3) is 22.4. The molecule has 292 valence electrons. The molecule has 0 aliphatic carbocycles. The highest BCUT2D eigenvalue weighted by molar-refractivity contribution is 5.92. The lowest BCUT2D eigenvalue weighted by Gasteiger charge is -2.30. The molecule has 9 heteroatoms. The van der Waals surface area contributed by atoms with Crippen LogP contribution in [0, 0.1) is 11.8 Å². The number of hydrogen-bond acceptors (Lipinski definition) is 5. The first-order valence-electron chi connectivity index (χ1n) is 20.6. The summed E-state index contributed by atoms with van der Waals surface area (Å²) in [6.45, 7) is 18.5. The molecule has 2 N–H and O–H groups in total. The summed E-state index contributed by atoms with van der Waals surface area (Å²) in [5, 5.41) is 6.10. The van der Waals surface area contributed by atoms with Crippen LogP contribution in [0.5, 0.6) is 0 Å². The Hall–Kier alpha value is -2.45. The fourth-order valence-electron chi connectivity index (χ4n) is 6.36. The molecular weight excluding hydrogens is 628 g/mol. The van der Waals surface area contributed by atoms with Crippen molar-refractivity contribution in [2.24, 2.45) is 11.8 Å². The van der Waals surface area contributed by atoms with Crippen LogP contribution in [-0.4, -0.2) is 77.5 Å². The molecule has 4 amide bonds. The van der Waals surface area contributed by atoms with Crippen LogP contribution in [0.25, 0.3) is 0 Å². The smallest absolute Gasteiger partial charge is 0.317 e. The van der Waals surface area contributed by atoms with Gasteiger partial charge in [-0.25, -0.2) is 9.59 Å². The molecule has 0 rings (SSSR count). The molecule has 50 heavy (non-hydrogen) atoms. The molecule has 0 aliphatic rings. The largest absolute Gasteiger partial charge is 0.338 e. The molecule has 0 spiro atoms. The van der Waals surface area contributed by atoms with Gasteiger partial charge >= 0.3 is 12.1 Å². The first kappa shape index (κ1) is 47.5. The number of amides is 4. The third-order valence-electron chi connectivity index (χ3n) is 9.86. The maximum atomic E-state index is 13.3. The molecule has 0 aliphatic heterocycles. The van der Waals surface area contributed by atoms with Crippen molar-refractivity contribution >= 4 is 29.4 Å². The van der Waals surface area contributed by atoms with Crippen LogP contribution in [-0.2, 0) is 14.4 Å². The Morgan fingerprint density at radius 2 is 0.800 bits per heavy atom. The van der Waals surface area contributed by atoms with E-state index in [4.69, 9.17) is 0 Å². The maximum Gasteiger partial charge on any atom is 0.317 e. The number of nitrogens with zero attached hydrogens (tertiary/aromatic N) is 2. The summed E-state index contributed by atoms with van der Waals surface area (Å²) in [6, 6.07) is -0.765. The number of Topliss-reactive ketones (excluding diaryl/α,β-unsaturated/α-hetero) is 3. The minimum Gasteiger partial charge on any atom is -0.338 e. The van der Waals surface area contributed by atoms with Crippen molar-refractivity contribution in [3.8, 4) is 0 Å². The molecule has 9 nitrogen and oxygen atoms in total. The number of carbonyl (C=O) groups is 5. The quantitative estimate of drug-likeness (QED) is 0.0676. The summed E-state index contributed by atoms with van der Waals surface area (Å²) in [5.41, 5.74) is 0. The molecule has 0 bridgehead atoms. The fourth-order valence-corrected chi connectivity index (χ4v) is 6.36. The number of ketones is 3. The van der Waals surface area contributed by atoms with Gasteiger partial charge in [-0.05, 0) is 39.5 Å². The van der Waals surface area contributed by atoms with Crippen molar-refractivity contribution in [2.45, 2.75) is 196 Å². The second-order valence-corrected chi connectivity index (χ2v) is 14.9. The molecule has 0 aromatic heterocycles. The molecule has 0 saturated carbocycles. The van der Waals surface area contributed by atoms with E-state index in [-0.39, 0.29) is 67.2 Å². The topological polar surface area (TPSA) is 116 Å². The minimum atomic E-state index is -0.499. The summed E-state index contributed by atoms with van der Waals surface area (Å²) in [5.74, 6) is -1.16. The normalized spacial score (nSPS) is 13.6. The van der Waals surface area contributed by atoms with E-state index in [1.54, 1.807) is 23.6 Å². The number of urea groups is 2. The van der Waals surface area contributed by atoms with Crippen LogP contribution >= 0.6 is 0 Å². The van der Waals surface area contributed by atoms with Gasteiger partial charge < -0.3 is 20.4 Å². The fraction of sp³-hybridized carbons (Fsp3) is 0.878. The van der Waals surface area contributed by atoms with Crippen LogP contribution in [0.4, 0.5) is 9.59 Å². The summed E-state index contributed by atoms with van der Waals surface area (Å²) >= 11 is 0. The highest BCUT2D eigenvalue weighted by Crippen LogP contribution is 2.19. The van der Waals surface area contributed by atoms with E-state index < -0.39 is 11.8 Å². The molecular formula is C41H78N4O5. The van der Waals surface area contributed by atoms with Gasteiger partial charge in [-0.2, -0.15) is 0 Å². The molecule has 0 aromatic carbocycles. The Kier molecular flexibility index (Phi) is 28.7. The molecule has 0 aromatic rings.